The molecule has 2 heteroatoms. The molecule has 0 saturated carbocycles. The Hall–Kier alpha value is -1.18. The second-order valence-corrected chi connectivity index (χ2v) is 4.00. The summed E-state index contributed by atoms with van der Waals surface area (Å²) in [7, 11) is 0. The Morgan fingerprint density at radius 3 is 3.00 bits per heavy atom. The lowest BCUT2D eigenvalue weighted by Gasteiger charge is -2.19. The Labute approximate surface area is 85.3 Å². The summed E-state index contributed by atoms with van der Waals surface area (Å²) in [4.78, 5) is 0. The maximum atomic E-state index is 5.78. The molecule has 1 N–H and O–H groups in total. The van der Waals surface area contributed by atoms with Gasteiger partial charge in [-0.3, -0.25) is 0 Å². The smallest absolute Gasteiger partial charge is 0.126 e. The predicted molar refractivity (Wildman–Crippen MR) is 57.4 cm³/mol. The topological polar surface area (TPSA) is 21.3 Å². The monoisotopic (exact) mass is 191 g/mol. The van der Waals surface area contributed by atoms with Crippen molar-refractivity contribution < 1.29 is 4.74 Å². The Bertz CT molecular complexity index is 289. The van der Waals surface area contributed by atoms with E-state index in [4.69, 9.17) is 4.74 Å². The molecule has 0 aromatic heterocycles. The summed E-state index contributed by atoms with van der Waals surface area (Å²) in [5.41, 5.74) is 0. The summed E-state index contributed by atoms with van der Waals surface area (Å²) < 4.78 is 5.78. The van der Waals surface area contributed by atoms with Crippen molar-refractivity contribution in [2.24, 2.45) is 5.92 Å². The van der Waals surface area contributed by atoms with Crippen molar-refractivity contribution in [2.75, 3.05) is 6.54 Å². The molecule has 0 amide bonds. The van der Waals surface area contributed by atoms with Gasteiger partial charge in [-0.05, 0) is 37.0 Å². The van der Waals surface area contributed by atoms with Crippen LogP contribution in [0, 0.1) is 5.92 Å². The molecule has 1 heterocycles. The van der Waals surface area contributed by atoms with E-state index in [1.807, 2.05) is 12.3 Å². The zero-order valence-corrected chi connectivity index (χ0v) is 8.62. The van der Waals surface area contributed by atoms with Gasteiger partial charge in [-0.2, -0.15) is 0 Å². The highest BCUT2D eigenvalue weighted by Crippen LogP contribution is 2.25. The van der Waals surface area contributed by atoms with Gasteiger partial charge in [-0.25, -0.2) is 0 Å². The zero-order chi connectivity index (χ0) is 9.80. The molecule has 0 bridgehead atoms. The minimum absolute atomic E-state index is 0.819. The largest absolute Gasteiger partial charge is 0.462 e. The molecule has 0 spiro atoms. The van der Waals surface area contributed by atoms with Crippen LogP contribution in [-0.4, -0.2) is 6.54 Å². The third-order valence-electron chi connectivity index (χ3n) is 2.67. The standard InChI is InChI=1S/C12H17NO/c1-10-2-4-11(5-3-10)14-12-6-8-13-9-7-12/h4,6-8,10,13H,2-3,5,9H2,1H3. The van der Waals surface area contributed by atoms with Crippen molar-refractivity contribution in [3.05, 3.63) is 35.9 Å². The Morgan fingerprint density at radius 2 is 2.36 bits per heavy atom. The van der Waals surface area contributed by atoms with E-state index in [2.05, 4.69) is 24.4 Å². The van der Waals surface area contributed by atoms with Gasteiger partial charge < -0.3 is 10.1 Å². The fourth-order valence-corrected chi connectivity index (χ4v) is 1.70. The van der Waals surface area contributed by atoms with Crippen LogP contribution < -0.4 is 5.32 Å². The highest BCUT2D eigenvalue weighted by molar-refractivity contribution is 5.18. The average Bonchev–Trinajstić information content (AvgIpc) is 2.23. The van der Waals surface area contributed by atoms with Crippen LogP contribution in [0.25, 0.3) is 0 Å². The minimum Gasteiger partial charge on any atom is -0.462 e. The molecule has 0 aromatic rings. The van der Waals surface area contributed by atoms with Crippen molar-refractivity contribution in [2.45, 2.75) is 26.2 Å². The molecule has 1 aliphatic carbocycles. The van der Waals surface area contributed by atoms with E-state index in [1.54, 1.807) is 0 Å². The Morgan fingerprint density at radius 1 is 1.43 bits per heavy atom. The van der Waals surface area contributed by atoms with Gasteiger partial charge in [0.2, 0.25) is 0 Å². The second-order valence-electron chi connectivity index (χ2n) is 4.00. The first-order valence-electron chi connectivity index (χ1n) is 5.31. The van der Waals surface area contributed by atoms with Crippen molar-refractivity contribution in [3.63, 3.8) is 0 Å². The third-order valence-corrected chi connectivity index (χ3v) is 2.67. The van der Waals surface area contributed by atoms with E-state index < -0.39 is 0 Å². The van der Waals surface area contributed by atoms with Crippen molar-refractivity contribution in [1.82, 2.24) is 5.32 Å². The number of ether oxygens (including phenoxy) is 1. The molecular formula is C12H17NO. The van der Waals surface area contributed by atoms with Crippen LogP contribution in [-0.2, 0) is 4.74 Å². The fourth-order valence-electron chi connectivity index (χ4n) is 1.70. The average molecular weight is 191 g/mol. The van der Waals surface area contributed by atoms with E-state index in [0.29, 0.717) is 0 Å². The molecule has 2 rings (SSSR count). The Balaban J connectivity index is 1.91. The van der Waals surface area contributed by atoms with Crippen molar-refractivity contribution >= 4 is 0 Å². The maximum absolute atomic E-state index is 5.78. The summed E-state index contributed by atoms with van der Waals surface area (Å²) in [6, 6.07) is 0. The molecule has 1 atom stereocenters. The van der Waals surface area contributed by atoms with Crippen LogP contribution in [0.3, 0.4) is 0 Å². The third kappa shape index (κ3) is 2.41. The first-order chi connectivity index (χ1) is 6.84. The summed E-state index contributed by atoms with van der Waals surface area (Å²) in [5, 5.41) is 3.10. The molecule has 2 nitrogen and oxygen atoms in total. The van der Waals surface area contributed by atoms with E-state index in [-0.39, 0.29) is 0 Å². The van der Waals surface area contributed by atoms with Crippen LogP contribution in [0.5, 0.6) is 0 Å². The molecule has 1 aliphatic heterocycles. The summed E-state index contributed by atoms with van der Waals surface area (Å²) >= 11 is 0. The number of hydrogen-bond donors (Lipinski definition) is 1. The van der Waals surface area contributed by atoms with E-state index in [9.17, 15) is 0 Å². The molecule has 1 unspecified atom stereocenters. The number of hydrogen-bond acceptors (Lipinski definition) is 2. The number of nitrogens with one attached hydrogen (secondary N) is 1. The summed E-state index contributed by atoms with van der Waals surface area (Å²) in [6.45, 7) is 3.16. The van der Waals surface area contributed by atoms with Crippen LogP contribution in [0.1, 0.15) is 26.2 Å². The normalized spacial score (nSPS) is 26.2. The summed E-state index contributed by atoms with van der Waals surface area (Å²) in [6.07, 6.45) is 11.7. The quantitative estimate of drug-likeness (QED) is 0.724. The van der Waals surface area contributed by atoms with Gasteiger partial charge in [0.25, 0.3) is 0 Å². The lowest BCUT2D eigenvalue weighted by Crippen LogP contribution is -2.11. The SMILES string of the molecule is CC1CC=C(OC2=CCNC=C2)CC1. The molecule has 14 heavy (non-hydrogen) atoms. The fraction of sp³-hybridized carbons (Fsp3) is 0.500. The lowest BCUT2D eigenvalue weighted by atomic mass is 9.95. The number of rotatable bonds is 2. The van der Waals surface area contributed by atoms with Crippen LogP contribution in [0.15, 0.2) is 35.9 Å². The van der Waals surface area contributed by atoms with Gasteiger partial charge in [-0.15, -0.1) is 0 Å². The van der Waals surface area contributed by atoms with E-state index >= 15 is 0 Å². The van der Waals surface area contributed by atoms with Crippen LogP contribution in [0.2, 0.25) is 0 Å². The van der Waals surface area contributed by atoms with Gasteiger partial charge in [0, 0.05) is 19.2 Å². The van der Waals surface area contributed by atoms with Gasteiger partial charge in [0.1, 0.15) is 11.5 Å². The van der Waals surface area contributed by atoms with Crippen LogP contribution in [0.4, 0.5) is 0 Å². The van der Waals surface area contributed by atoms with Gasteiger partial charge in [-0.1, -0.05) is 6.92 Å². The molecule has 2 aliphatic rings. The first kappa shape index (κ1) is 9.38. The molecule has 0 fully saturated rings. The van der Waals surface area contributed by atoms with Crippen molar-refractivity contribution in [1.29, 1.82) is 0 Å². The molecule has 76 valence electrons. The number of dihydropyridines is 1. The number of allylic oxidation sites excluding steroid dienone is 3. The molecule has 0 aromatic carbocycles. The molecular weight excluding hydrogens is 174 g/mol. The highest BCUT2D eigenvalue weighted by atomic mass is 16.5. The second kappa shape index (κ2) is 4.36. The maximum Gasteiger partial charge on any atom is 0.126 e. The zero-order valence-electron chi connectivity index (χ0n) is 8.62. The Kier molecular flexibility index (Phi) is 2.92. The van der Waals surface area contributed by atoms with Crippen LogP contribution >= 0.6 is 0 Å². The molecule has 0 saturated heterocycles. The van der Waals surface area contributed by atoms with Gasteiger partial charge >= 0.3 is 0 Å². The van der Waals surface area contributed by atoms with Gasteiger partial charge in [0.05, 0.1) is 0 Å². The molecule has 0 radical (unpaired) electrons. The predicted octanol–water partition coefficient (Wildman–Crippen LogP) is 2.71. The summed E-state index contributed by atoms with van der Waals surface area (Å²) in [5.74, 6) is 2.94. The first-order valence-corrected chi connectivity index (χ1v) is 5.31. The van der Waals surface area contributed by atoms with E-state index in [1.165, 1.54) is 6.42 Å². The van der Waals surface area contributed by atoms with E-state index in [0.717, 1.165) is 36.8 Å². The highest BCUT2D eigenvalue weighted by Gasteiger charge is 2.11. The lowest BCUT2D eigenvalue weighted by molar-refractivity contribution is 0.278. The van der Waals surface area contributed by atoms with Gasteiger partial charge in [0.15, 0.2) is 0 Å². The van der Waals surface area contributed by atoms with Crippen molar-refractivity contribution in [3.8, 4) is 0 Å². The minimum atomic E-state index is 0.819.